The summed E-state index contributed by atoms with van der Waals surface area (Å²) in [5.41, 5.74) is 7.77. The normalized spacial score (nSPS) is 10.1. The van der Waals surface area contributed by atoms with Crippen molar-refractivity contribution < 1.29 is 4.79 Å². The molecule has 1 aromatic heterocycles. The van der Waals surface area contributed by atoms with Crippen molar-refractivity contribution in [2.24, 2.45) is 12.8 Å². The summed E-state index contributed by atoms with van der Waals surface area (Å²) >= 11 is 0. The number of amides is 2. The van der Waals surface area contributed by atoms with Crippen molar-refractivity contribution in [2.45, 2.75) is 6.54 Å². The molecule has 2 aromatic rings. The molecule has 0 bridgehead atoms. The third kappa shape index (κ3) is 3.24. The molecule has 6 heteroatoms. The fourth-order valence-electron chi connectivity index (χ4n) is 1.58. The molecule has 0 aliphatic rings. The number of carbonyl (C=O) groups is 1. The van der Waals surface area contributed by atoms with Gasteiger partial charge in [-0.3, -0.25) is 4.68 Å². The van der Waals surface area contributed by atoms with Crippen LogP contribution in [0.25, 0.3) is 0 Å². The highest BCUT2D eigenvalue weighted by Gasteiger charge is 1.98. The Hall–Kier alpha value is -2.50. The van der Waals surface area contributed by atoms with Crippen LogP contribution in [-0.4, -0.2) is 15.8 Å². The van der Waals surface area contributed by atoms with Crippen LogP contribution >= 0.6 is 0 Å². The van der Waals surface area contributed by atoms with E-state index in [9.17, 15) is 4.79 Å². The quantitative estimate of drug-likeness (QED) is 0.763. The molecule has 0 aliphatic heterocycles. The lowest BCUT2D eigenvalue weighted by molar-refractivity contribution is 0.259. The minimum atomic E-state index is -0.564. The van der Waals surface area contributed by atoms with Gasteiger partial charge >= 0.3 is 6.03 Å². The van der Waals surface area contributed by atoms with Crippen LogP contribution in [0.5, 0.6) is 0 Å². The number of aromatic nitrogens is 2. The first-order valence-electron chi connectivity index (χ1n) is 5.51. The van der Waals surface area contributed by atoms with E-state index in [1.807, 2.05) is 31.6 Å². The third-order valence-electron chi connectivity index (χ3n) is 2.41. The maximum absolute atomic E-state index is 10.7. The molecule has 0 aliphatic carbocycles. The third-order valence-corrected chi connectivity index (χ3v) is 2.41. The Morgan fingerprint density at radius 2 is 2.00 bits per heavy atom. The average Bonchev–Trinajstić information content (AvgIpc) is 2.74. The number of anilines is 2. The monoisotopic (exact) mass is 245 g/mol. The Kier molecular flexibility index (Phi) is 3.47. The number of rotatable bonds is 4. The van der Waals surface area contributed by atoms with E-state index in [4.69, 9.17) is 5.73 Å². The zero-order chi connectivity index (χ0) is 13.0. The Morgan fingerprint density at radius 1 is 1.33 bits per heavy atom. The molecule has 0 fully saturated rings. The maximum atomic E-state index is 10.7. The molecule has 0 saturated heterocycles. The minimum absolute atomic E-state index is 0.564. The molecular formula is C12H15N5O. The van der Waals surface area contributed by atoms with Gasteiger partial charge in [-0.05, 0) is 24.3 Å². The van der Waals surface area contributed by atoms with Crippen LogP contribution in [0, 0.1) is 0 Å². The van der Waals surface area contributed by atoms with Crippen LogP contribution in [-0.2, 0) is 13.6 Å². The fraction of sp³-hybridized carbons (Fsp3) is 0.167. The second-order valence-electron chi connectivity index (χ2n) is 3.94. The molecule has 2 rings (SSSR count). The van der Waals surface area contributed by atoms with Crippen LogP contribution in [0.2, 0.25) is 0 Å². The average molecular weight is 245 g/mol. The van der Waals surface area contributed by atoms with Crippen LogP contribution in [0.4, 0.5) is 16.2 Å². The number of aryl methyl sites for hydroxylation is 1. The van der Waals surface area contributed by atoms with E-state index in [2.05, 4.69) is 15.7 Å². The number of nitrogens with zero attached hydrogens (tertiary/aromatic N) is 2. The zero-order valence-corrected chi connectivity index (χ0v) is 10.1. The van der Waals surface area contributed by atoms with Gasteiger partial charge in [-0.15, -0.1) is 0 Å². The van der Waals surface area contributed by atoms with E-state index in [-0.39, 0.29) is 0 Å². The summed E-state index contributed by atoms with van der Waals surface area (Å²) in [5.74, 6) is 0. The molecule has 94 valence electrons. The molecule has 2 amide bonds. The van der Waals surface area contributed by atoms with Crippen molar-refractivity contribution in [3.8, 4) is 0 Å². The van der Waals surface area contributed by atoms with E-state index >= 15 is 0 Å². The summed E-state index contributed by atoms with van der Waals surface area (Å²) in [7, 11) is 1.88. The molecule has 6 nitrogen and oxygen atoms in total. The fourth-order valence-corrected chi connectivity index (χ4v) is 1.58. The van der Waals surface area contributed by atoms with E-state index < -0.39 is 6.03 Å². The molecular weight excluding hydrogens is 230 g/mol. The number of urea groups is 1. The van der Waals surface area contributed by atoms with Crippen LogP contribution in [0.15, 0.2) is 36.7 Å². The number of carbonyl (C=O) groups excluding carboxylic acids is 1. The number of hydrogen-bond acceptors (Lipinski definition) is 3. The lowest BCUT2D eigenvalue weighted by Crippen LogP contribution is -2.19. The Balaban J connectivity index is 1.92. The second-order valence-corrected chi connectivity index (χ2v) is 3.94. The number of primary amides is 1. The lowest BCUT2D eigenvalue weighted by Gasteiger charge is -2.06. The summed E-state index contributed by atoms with van der Waals surface area (Å²) < 4.78 is 1.76. The van der Waals surface area contributed by atoms with E-state index in [1.54, 1.807) is 16.8 Å². The first-order valence-corrected chi connectivity index (χ1v) is 5.51. The van der Waals surface area contributed by atoms with Crippen molar-refractivity contribution in [2.75, 3.05) is 10.6 Å². The van der Waals surface area contributed by atoms with Gasteiger partial charge in [0.05, 0.1) is 6.20 Å². The standard InChI is InChI=1S/C12H15N5O/c1-17-8-9(7-15-17)6-14-10-2-4-11(5-3-10)16-12(13)18/h2-5,7-8,14H,6H2,1H3,(H3,13,16,18). The first-order chi connectivity index (χ1) is 8.63. The smallest absolute Gasteiger partial charge is 0.316 e. The Labute approximate surface area is 105 Å². The zero-order valence-electron chi connectivity index (χ0n) is 10.1. The van der Waals surface area contributed by atoms with Crippen molar-refractivity contribution >= 4 is 17.4 Å². The van der Waals surface area contributed by atoms with Gasteiger partial charge in [0.25, 0.3) is 0 Å². The largest absolute Gasteiger partial charge is 0.381 e. The summed E-state index contributed by atoms with van der Waals surface area (Å²) in [6.07, 6.45) is 3.77. The van der Waals surface area contributed by atoms with Gasteiger partial charge in [0.1, 0.15) is 0 Å². The highest BCUT2D eigenvalue weighted by atomic mass is 16.2. The van der Waals surface area contributed by atoms with Crippen LogP contribution < -0.4 is 16.4 Å². The molecule has 18 heavy (non-hydrogen) atoms. The van der Waals surface area contributed by atoms with Gasteiger partial charge in [0, 0.05) is 36.7 Å². The topological polar surface area (TPSA) is 85.0 Å². The second kappa shape index (κ2) is 5.22. The lowest BCUT2D eigenvalue weighted by atomic mass is 10.2. The Bertz CT molecular complexity index is 532. The van der Waals surface area contributed by atoms with E-state index in [0.717, 1.165) is 11.3 Å². The van der Waals surface area contributed by atoms with Crippen molar-refractivity contribution in [3.63, 3.8) is 0 Å². The number of nitrogens with one attached hydrogen (secondary N) is 2. The maximum Gasteiger partial charge on any atom is 0.316 e. The van der Waals surface area contributed by atoms with Crippen LogP contribution in [0.1, 0.15) is 5.56 Å². The van der Waals surface area contributed by atoms with Crippen molar-refractivity contribution in [1.82, 2.24) is 9.78 Å². The number of hydrogen-bond donors (Lipinski definition) is 3. The highest BCUT2D eigenvalue weighted by Crippen LogP contribution is 2.14. The minimum Gasteiger partial charge on any atom is -0.381 e. The van der Waals surface area contributed by atoms with Crippen molar-refractivity contribution in [3.05, 3.63) is 42.2 Å². The predicted molar refractivity (Wildman–Crippen MR) is 70.2 cm³/mol. The van der Waals surface area contributed by atoms with Gasteiger partial charge in [0.2, 0.25) is 0 Å². The molecule has 1 aromatic carbocycles. The number of nitrogens with two attached hydrogens (primary N) is 1. The van der Waals surface area contributed by atoms with Crippen LogP contribution in [0.3, 0.4) is 0 Å². The summed E-state index contributed by atoms with van der Waals surface area (Å²) in [6, 6.07) is 6.77. The molecule has 0 radical (unpaired) electrons. The molecule has 1 heterocycles. The molecule has 4 N–H and O–H groups in total. The van der Waals surface area contributed by atoms with Gasteiger partial charge in [-0.1, -0.05) is 0 Å². The SMILES string of the molecule is Cn1cc(CNc2ccc(NC(N)=O)cc2)cn1. The molecule has 0 spiro atoms. The number of benzene rings is 1. The highest BCUT2D eigenvalue weighted by molar-refractivity contribution is 5.87. The van der Waals surface area contributed by atoms with E-state index in [1.165, 1.54) is 0 Å². The van der Waals surface area contributed by atoms with Gasteiger partial charge in [0.15, 0.2) is 0 Å². The van der Waals surface area contributed by atoms with Gasteiger partial charge in [-0.25, -0.2) is 4.79 Å². The molecule has 0 unspecified atom stereocenters. The van der Waals surface area contributed by atoms with Crippen molar-refractivity contribution in [1.29, 1.82) is 0 Å². The van der Waals surface area contributed by atoms with E-state index in [0.29, 0.717) is 12.2 Å². The van der Waals surface area contributed by atoms with Gasteiger partial charge < -0.3 is 16.4 Å². The molecule has 0 saturated carbocycles. The first kappa shape index (κ1) is 12.0. The Morgan fingerprint density at radius 3 is 2.56 bits per heavy atom. The summed E-state index contributed by atoms with van der Waals surface area (Å²) in [5, 5.41) is 9.86. The molecule has 0 atom stereocenters. The summed E-state index contributed by atoms with van der Waals surface area (Å²) in [4.78, 5) is 10.7. The van der Waals surface area contributed by atoms with Gasteiger partial charge in [-0.2, -0.15) is 5.10 Å². The summed E-state index contributed by atoms with van der Waals surface area (Å²) in [6.45, 7) is 0.705. The predicted octanol–water partition coefficient (Wildman–Crippen LogP) is 1.52.